The highest BCUT2D eigenvalue weighted by atomic mass is 19.4. The summed E-state index contributed by atoms with van der Waals surface area (Å²) in [6.45, 7) is -3.16. The number of benzene rings is 1. The van der Waals surface area contributed by atoms with Crippen LogP contribution in [0, 0.1) is 0 Å². The summed E-state index contributed by atoms with van der Waals surface area (Å²) in [5.41, 5.74) is -0.372. The summed E-state index contributed by atoms with van der Waals surface area (Å²) in [7, 11) is 1.09. The summed E-state index contributed by atoms with van der Waals surface area (Å²) in [6.07, 6.45) is -4.59. The fourth-order valence-electron chi connectivity index (χ4n) is 1.42. The van der Waals surface area contributed by atoms with Crippen LogP contribution in [0.15, 0.2) is 24.3 Å². The number of hydrogen-bond acceptors (Lipinski definition) is 2. The second-order valence-electron chi connectivity index (χ2n) is 3.18. The Morgan fingerprint density at radius 2 is 1.76 bits per heavy atom. The molecule has 1 aromatic carbocycles. The first kappa shape index (κ1) is 13.7. The molecule has 7 heteroatoms. The number of nitrogens with one attached hydrogen (secondary N) is 1. The van der Waals surface area contributed by atoms with Crippen molar-refractivity contribution < 1.29 is 26.7 Å². The number of rotatable bonds is 4. The molecule has 96 valence electrons. The van der Waals surface area contributed by atoms with E-state index in [-0.39, 0.29) is 5.56 Å². The summed E-state index contributed by atoms with van der Waals surface area (Å²) >= 11 is 0. The van der Waals surface area contributed by atoms with E-state index < -0.39 is 24.6 Å². The molecule has 0 amide bonds. The first-order valence-electron chi connectivity index (χ1n) is 4.64. The highest BCUT2D eigenvalue weighted by molar-refractivity contribution is 5.36. The lowest BCUT2D eigenvalue weighted by Crippen LogP contribution is -2.32. The third kappa shape index (κ3) is 3.55. The molecular weight excluding hydrogens is 245 g/mol. The minimum Gasteiger partial charge on any atom is -0.434 e. The third-order valence-corrected chi connectivity index (χ3v) is 2.06. The van der Waals surface area contributed by atoms with Crippen molar-refractivity contribution in [3.8, 4) is 5.75 Å². The van der Waals surface area contributed by atoms with Crippen molar-refractivity contribution >= 4 is 0 Å². The largest absolute Gasteiger partial charge is 0.434 e. The maximum Gasteiger partial charge on any atom is 0.408 e. The van der Waals surface area contributed by atoms with Gasteiger partial charge in [-0.3, -0.25) is 0 Å². The zero-order valence-corrected chi connectivity index (χ0v) is 8.76. The van der Waals surface area contributed by atoms with Crippen molar-refractivity contribution in [3.63, 3.8) is 0 Å². The van der Waals surface area contributed by atoms with Crippen molar-refractivity contribution in [2.75, 3.05) is 7.05 Å². The molecule has 0 aliphatic carbocycles. The summed E-state index contributed by atoms with van der Waals surface area (Å²) in [4.78, 5) is 0. The molecule has 0 radical (unpaired) electrons. The molecule has 0 aromatic heterocycles. The number of halogens is 5. The number of para-hydroxylation sites is 1. The highest BCUT2D eigenvalue weighted by Gasteiger charge is 2.41. The lowest BCUT2D eigenvalue weighted by molar-refractivity contribution is -0.157. The van der Waals surface area contributed by atoms with E-state index in [0.717, 1.165) is 19.2 Å². The van der Waals surface area contributed by atoms with Gasteiger partial charge in [-0.25, -0.2) is 0 Å². The number of hydrogen-bond donors (Lipinski definition) is 1. The fourth-order valence-corrected chi connectivity index (χ4v) is 1.42. The molecule has 0 fully saturated rings. The van der Waals surface area contributed by atoms with Gasteiger partial charge in [-0.05, 0) is 13.1 Å². The van der Waals surface area contributed by atoms with Gasteiger partial charge in [0.1, 0.15) is 11.8 Å². The average molecular weight is 255 g/mol. The van der Waals surface area contributed by atoms with E-state index in [9.17, 15) is 22.0 Å². The maximum atomic E-state index is 12.6. The molecule has 0 bridgehead atoms. The Bertz CT molecular complexity index is 366. The van der Waals surface area contributed by atoms with Crippen LogP contribution in [0.1, 0.15) is 11.6 Å². The van der Waals surface area contributed by atoms with Gasteiger partial charge in [-0.15, -0.1) is 0 Å². The molecule has 0 saturated carbocycles. The van der Waals surface area contributed by atoms with Crippen LogP contribution in [0.2, 0.25) is 0 Å². The monoisotopic (exact) mass is 255 g/mol. The zero-order valence-electron chi connectivity index (χ0n) is 8.76. The van der Waals surface area contributed by atoms with Crippen LogP contribution in [-0.4, -0.2) is 19.8 Å². The van der Waals surface area contributed by atoms with E-state index in [4.69, 9.17) is 0 Å². The molecular formula is C10H10F5NO. The van der Waals surface area contributed by atoms with Gasteiger partial charge in [0.2, 0.25) is 0 Å². The van der Waals surface area contributed by atoms with Crippen LogP contribution in [0.3, 0.4) is 0 Å². The topological polar surface area (TPSA) is 21.3 Å². The highest BCUT2D eigenvalue weighted by Crippen LogP contribution is 2.37. The van der Waals surface area contributed by atoms with E-state index in [2.05, 4.69) is 4.74 Å². The molecule has 0 heterocycles. The van der Waals surface area contributed by atoms with Crippen LogP contribution >= 0.6 is 0 Å². The summed E-state index contributed by atoms with van der Waals surface area (Å²) in [6, 6.07) is 2.76. The Balaban J connectivity index is 3.10. The lowest BCUT2D eigenvalue weighted by atomic mass is 10.1. The van der Waals surface area contributed by atoms with E-state index in [1.54, 1.807) is 0 Å². The molecule has 17 heavy (non-hydrogen) atoms. The average Bonchev–Trinajstić information content (AvgIpc) is 2.18. The Labute approximate surface area is 94.4 Å². The van der Waals surface area contributed by atoms with Gasteiger partial charge in [0.05, 0.1) is 0 Å². The lowest BCUT2D eigenvalue weighted by Gasteiger charge is -2.22. The Kier molecular flexibility index (Phi) is 4.28. The minimum absolute atomic E-state index is 0.372. The molecule has 1 N–H and O–H groups in total. The molecule has 1 aromatic rings. The molecule has 1 rings (SSSR count). The molecule has 1 unspecified atom stereocenters. The van der Waals surface area contributed by atoms with E-state index in [0.29, 0.717) is 0 Å². The molecule has 0 aliphatic rings. The van der Waals surface area contributed by atoms with Crippen LogP contribution in [0.5, 0.6) is 5.75 Å². The Morgan fingerprint density at radius 1 is 1.18 bits per heavy atom. The van der Waals surface area contributed by atoms with Crippen LogP contribution in [0.4, 0.5) is 22.0 Å². The molecule has 2 nitrogen and oxygen atoms in total. The second-order valence-corrected chi connectivity index (χ2v) is 3.18. The summed E-state index contributed by atoms with van der Waals surface area (Å²) in [5, 5.41) is 2.02. The van der Waals surface area contributed by atoms with Crippen LogP contribution in [0.25, 0.3) is 0 Å². The van der Waals surface area contributed by atoms with Crippen LogP contribution < -0.4 is 10.1 Å². The first-order chi connectivity index (χ1) is 7.86. The first-order valence-corrected chi connectivity index (χ1v) is 4.64. The molecule has 0 spiro atoms. The van der Waals surface area contributed by atoms with Gasteiger partial charge < -0.3 is 10.1 Å². The van der Waals surface area contributed by atoms with E-state index in [1.165, 1.54) is 12.1 Å². The third-order valence-electron chi connectivity index (χ3n) is 2.06. The van der Waals surface area contributed by atoms with Crippen molar-refractivity contribution in [1.82, 2.24) is 5.32 Å². The van der Waals surface area contributed by atoms with Crippen molar-refractivity contribution in [3.05, 3.63) is 29.8 Å². The van der Waals surface area contributed by atoms with E-state index >= 15 is 0 Å². The Morgan fingerprint density at radius 3 is 2.24 bits per heavy atom. The van der Waals surface area contributed by atoms with Gasteiger partial charge in [0, 0.05) is 5.56 Å². The Hall–Kier alpha value is -1.37. The van der Waals surface area contributed by atoms with E-state index in [1.807, 2.05) is 5.32 Å². The van der Waals surface area contributed by atoms with Crippen LogP contribution in [-0.2, 0) is 0 Å². The van der Waals surface area contributed by atoms with Crippen molar-refractivity contribution in [2.45, 2.75) is 18.8 Å². The molecule has 0 aliphatic heterocycles. The zero-order chi connectivity index (χ0) is 13.1. The standard InChI is InChI=1S/C10H10F5NO/c1-16-8(10(13,14)15)6-4-2-3-5-7(6)17-9(11)12/h2-5,8-9,16H,1H3. The number of alkyl halides is 5. The normalized spacial score (nSPS) is 13.8. The predicted molar refractivity (Wildman–Crippen MR) is 50.9 cm³/mol. The minimum atomic E-state index is -4.59. The summed E-state index contributed by atoms with van der Waals surface area (Å²) in [5.74, 6) is -0.487. The van der Waals surface area contributed by atoms with Gasteiger partial charge >= 0.3 is 12.8 Å². The SMILES string of the molecule is CNC(c1ccccc1OC(F)F)C(F)(F)F. The second kappa shape index (κ2) is 5.31. The van der Waals surface area contributed by atoms with Gasteiger partial charge in [-0.1, -0.05) is 18.2 Å². The molecule has 0 saturated heterocycles. The van der Waals surface area contributed by atoms with Crippen molar-refractivity contribution in [1.29, 1.82) is 0 Å². The molecule has 1 atom stereocenters. The summed E-state index contributed by atoms with van der Waals surface area (Å²) < 4.78 is 66.0. The van der Waals surface area contributed by atoms with Gasteiger partial charge in [0.25, 0.3) is 0 Å². The predicted octanol–water partition coefficient (Wildman–Crippen LogP) is 3.11. The van der Waals surface area contributed by atoms with Crippen molar-refractivity contribution in [2.24, 2.45) is 0 Å². The number of ether oxygens (including phenoxy) is 1. The smallest absolute Gasteiger partial charge is 0.408 e. The quantitative estimate of drug-likeness (QED) is 0.835. The van der Waals surface area contributed by atoms with Gasteiger partial charge in [0.15, 0.2) is 0 Å². The maximum absolute atomic E-state index is 12.6. The fraction of sp³-hybridized carbons (Fsp3) is 0.400. The van der Waals surface area contributed by atoms with Gasteiger partial charge in [-0.2, -0.15) is 22.0 Å².